The van der Waals surface area contributed by atoms with Gasteiger partial charge in [0, 0.05) is 18.8 Å². The van der Waals surface area contributed by atoms with E-state index in [2.05, 4.69) is 10.4 Å². The van der Waals surface area contributed by atoms with Crippen LogP contribution in [0, 0.1) is 5.92 Å². The fraction of sp³-hybridized carbons (Fsp3) is 0.667. The molecule has 2 atom stereocenters. The summed E-state index contributed by atoms with van der Waals surface area (Å²) in [6.07, 6.45) is 8.63. The van der Waals surface area contributed by atoms with Gasteiger partial charge in [-0.1, -0.05) is 25.7 Å². The average Bonchev–Trinajstić information content (AvgIpc) is 2.90. The molecule has 116 valence electrons. The molecule has 1 heterocycles. The molecular weight excluding hydrogens is 270 g/mol. The molecule has 6 heteroatoms. The van der Waals surface area contributed by atoms with Crippen molar-refractivity contribution in [2.24, 2.45) is 5.92 Å². The molecule has 1 amide bonds. The lowest BCUT2D eigenvalue weighted by Crippen LogP contribution is -2.43. The molecule has 0 radical (unpaired) electrons. The summed E-state index contributed by atoms with van der Waals surface area (Å²) in [7, 11) is 0. The van der Waals surface area contributed by atoms with Gasteiger partial charge in [-0.15, -0.1) is 0 Å². The summed E-state index contributed by atoms with van der Waals surface area (Å²) in [5.41, 5.74) is 0.489. The maximum atomic E-state index is 12.3. The summed E-state index contributed by atoms with van der Waals surface area (Å²) < 4.78 is 1.68. The normalized spacial score (nSPS) is 23.1. The molecule has 1 saturated carbocycles. The predicted molar refractivity (Wildman–Crippen MR) is 78.0 cm³/mol. The van der Waals surface area contributed by atoms with Crippen molar-refractivity contribution < 1.29 is 14.7 Å². The number of aryl methyl sites for hydroxylation is 1. The lowest BCUT2D eigenvalue weighted by atomic mass is 9.86. The van der Waals surface area contributed by atoms with Gasteiger partial charge < -0.3 is 10.4 Å². The van der Waals surface area contributed by atoms with Crippen LogP contribution in [0.5, 0.6) is 0 Å². The van der Waals surface area contributed by atoms with Gasteiger partial charge in [-0.05, 0) is 19.8 Å². The monoisotopic (exact) mass is 293 g/mol. The number of hydrogen-bond donors (Lipinski definition) is 2. The molecule has 1 aromatic rings. The third-order valence-corrected chi connectivity index (χ3v) is 4.12. The third kappa shape index (κ3) is 4.06. The standard InChI is InChI=1S/C15H23N3O3/c1-2-18-10-11(9-16-18)14(19)17-13-8-6-4-3-5-7-12(13)15(20)21/h9-10,12-13H,2-8H2,1H3,(H,17,19)(H,20,21). The molecule has 0 spiro atoms. The molecular formula is C15H23N3O3. The molecule has 0 bridgehead atoms. The first kappa shape index (κ1) is 15.5. The maximum absolute atomic E-state index is 12.3. The number of carboxylic acids is 1. The molecule has 2 N–H and O–H groups in total. The SMILES string of the molecule is CCn1cc(C(=O)NC2CCCCCCC2C(=O)O)cn1. The van der Waals surface area contributed by atoms with Crippen LogP contribution in [0.3, 0.4) is 0 Å². The quantitative estimate of drug-likeness (QED) is 0.890. The number of carboxylic acid groups (broad SMARTS) is 1. The van der Waals surface area contributed by atoms with E-state index in [1.54, 1.807) is 10.9 Å². The zero-order valence-corrected chi connectivity index (χ0v) is 12.4. The van der Waals surface area contributed by atoms with Crippen molar-refractivity contribution >= 4 is 11.9 Å². The molecule has 1 aliphatic rings. The number of nitrogens with one attached hydrogen (secondary N) is 1. The minimum absolute atomic E-state index is 0.230. The number of nitrogens with zero attached hydrogens (tertiary/aromatic N) is 2. The molecule has 21 heavy (non-hydrogen) atoms. The van der Waals surface area contributed by atoms with Gasteiger partial charge in [0.25, 0.3) is 5.91 Å². The second kappa shape index (κ2) is 7.24. The Labute approximate surface area is 124 Å². The highest BCUT2D eigenvalue weighted by Crippen LogP contribution is 2.23. The molecule has 0 aliphatic heterocycles. The zero-order chi connectivity index (χ0) is 15.2. The van der Waals surface area contributed by atoms with E-state index in [4.69, 9.17) is 0 Å². The summed E-state index contributed by atoms with van der Waals surface area (Å²) in [4.78, 5) is 23.7. The summed E-state index contributed by atoms with van der Waals surface area (Å²) in [6, 6.07) is -0.291. The van der Waals surface area contributed by atoms with E-state index in [1.165, 1.54) is 6.20 Å². The first-order valence-electron chi connectivity index (χ1n) is 7.68. The molecule has 1 fully saturated rings. The smallest absolute Gasteiger partial charge is 0.308 e. The summed E-state index contributed by atoms with van der Waals surface area (Å²) in [6.45, 7) is 2.65. The molecule has 1 aliphatic carbocycles. The second-order valence-electron chi connectivity index (χ2n) is 5.60. The van der Waals surface area contributed by atoms with E-state index in [-0.39, 0.29) is 11.9 Å². The topological polar surface area (TPSA) is 84.2 Å². The Hall–Kier alpha value is -1.85. The molecule has 2 unspecified atom stereocenters. The van der Waals surface area contributed by atoms with Gasteiger partial charge in [-0.3, -0.25) is 14.3 Å². The van der Waals surface area contributed by atoms with Crippen molar-refractivity contribution in [2.75, 3.05) is 0 Å². The van der Waals surface area contributed by atoms with Gasteiger partial charge in [0.05, 0.1) is 17.7 Å². The maximum Gasteiger partial charge on any atom is 0.308 e. The zero-order valence-electron chi connectivity index (χ0n) is 12.4. The van der Waals surface area contributed by atoms with Crippen molar-refractivity contribution in [2.45, 2.75) is 58.0 Å². The van der Waals surface area contributed by atoms with E-state index in [0.29, 0.717) is 18.5 Å². The van der Waals surface area contributed by atoms with Gasteiger partial charge in [0.15, 0.2) is 0 Å². The third-order valence-electron chi connectivity index (χ3n) is 4.12. The fourth-order valence-electron chi connectivity index (χ4n) is 2.86. The highest BCUT2D eigenvalue weighted by molar-refractivity contribution is 5.94. The Kier molecular flexibility index (Phi) is 5.36. The molecule has 2 rings (SSSR count). The Morgan fingerprint density at radius 2 is 2.05 bits per heavy atom. The molecule has 0 saturated heterocycles. The predicted octanol–water partition coefficient (Wildman–Crippen LogP) is 2.06. The van der Waals surface area contributed by atoms with Gasteiger partial charge >= 0.3 is 5.97 Å². The number of amides is 1. The number of carbonyl (C=O) groups excluding carboxylic acids is 1. The lowest BCUT2D eigenvalue weighted by Gasteiger charge is -2.27. The number of hydrogen-bond acceptors (Lipinski definition) is 3. The summed E-state index contributed by atoms with van der Waals surface area (Å²) in [5, 5.41) is 16.4. The van der Waals surface area contributed by atoms with Crippen LogP contribution in [0.4, 0.5) is 0 Å². The second-order valence-corrected chi connectivity index (χ2v) is 5.60. The van der Waals surface area contributed by atoms with Crippen molar-refractivity contribution in [3.63, 3.8) is 0 Å². The van der Waals surface area contributed by atoms with Gasteiger partial charge in [0.1, 0.15) is 0 Å². The first-order chi connectivity index (χ1) is 10.1. The van der Waals surface area contributed by atoms with Gasteiger partial charge in [0.2, 0.25) is 0 Å². The van der Waals surface area contributed by atoms with Crippen LogP contribution in [-0.4, -0.2) is 32.8 Å². The Bertz CT molecular complexity index is 498. The molecule has 6 nitrogen and oxygen atoms in total. The van der Waals surface area contributed by atoms with Crippen molar-refractivity contribution in [3.05, 3.63) is 18.0 Å². The number of carbonyl (C=O) groups is 2. The Morgan fingerprint density at radius 1 is 1.33 bits per heavy atom. The van der Waals surface area contributed by atoms with Crippen LogP contribution >= 0.6 is 0 Å². The number of rotatable bonds is 4. The lowest BCUT2D eigenvalue weighted by molar-refractivity contribution is -0.143. The van der Waals surface area contributed by atoms with Crippen LogP contribution in [0.1, 0.15) is 55.8 Å². The Morgan fingerprint density at radius 3 is 2.67 bits per heavy atom. The van der Waals surface area contributed by atoms with E-state index in [9.17, 15) is 14.7 Å². The summed E-state index contributed by atoms with van der Waals surface area (Å²) in [5.74, 6) is -1.53. The van der Waals surface area contributed by atoms with Gasteiger partial charge in [-0.25, -0.2) is 0 Å². The van der Waals surface area contributed by atoms with Crippen molar-refractivity contribution in [1.82, 2.24) is 15.1 Å². The molecule has 1 aromatic heterocycles. The van der Waals surface area contributed by atoms with Crippen LogP contribution < -0.4 is 5.32 Å². The molecule has 0 aromatic carbocycles. The highest BCUT2D eigenvalue weighted by atomic mass is 16.4. The largest absolute Gasteiger partial charge is 0.481 e. The number of aliphatic carboxylic acids is 1. The average molecular weight is 293 g/mol. The van der Waals surface area contributed by atoms with E-state index in [1.807, 2.05) is 6.92 Å². The van der Waals surface area contributed by atoms with E-state index < -0.39 is 11.9 Å². The minimum atomic E-state index is -0.813. The van der Waals surface area contributed by atoms with Crippen LogP contribution in [0.25, 0.3) is 0 Å². The van der Waals surface area contributed by atoms with Crippen molar-refractivity contribution in [1.29, 1.82) is 0 Å². The summed E-state index contributed by atoms with van der Waals surface area (Å²) >= 11 is 0. The fourth-order valence-corrected chi connectivity index (χ4v) is 2.86. The van der Waals surface area contributed by atoms with Crippen LogP contribution in [0.15, 0.2) is 12.4 Å². The van der Waals surface area contributed by atoms with E-state index >= 15 is 0 Å². The van der Waals surface area contributed by atoms with Gasteiger partial charge in [-0.2, -0.15) is 5.10 Å². The number of aromatic nitrogens is 2. The first-order valence-corrected chi connectivity index (χ1v) is 7.68. The minimum Gasteiger partial charge on any atom is -0.481 e. The Balaban J connectivity index is 2.05. The van der Waals surface area contributed by atoms with E-state index in [0.717, 1.165) is 32.1 Å². The van der Waals surface area contributed by atoms with Crippen LogP contribution in [0.2, 0.25) is 0 Å². The van der Waals surface area contributed by atoms with Crippen LogP contribution in [-0.2, 0) is 11.3 Å². The van der Waals surface area contributed by atoms with Crippen molar-refractivity contribution in [3.8, 4) is 0 Å². The highest BCUT2D eigenvalue weighted by Gasteiger charge is 2.30.